The highest BCUT2D eigenvalue weighted by molar-refractivity contribution is 6.13. The van der Waals surface area contributed by atoms with Gasteiger partial charge in [-0.05, 0) is 0 Å². The van der Waals surface area contributed by atoms with Crippen LogP contribution in [-0.4, -0.2) is 44.4 Å². The van der Waals surface area contributed by atoms with Gasteiger partial charge in [-0.3, -0.25) is 24.3 Å². The number of rotatable bonds is 4. The van der Waals surface area contributed by atoms with Gasteiger partial charge < -0.3 is 14.9 Å². The molecule has 3 N–H and O–H groups in total. The number of nitrogens with zero attached hydrogens (tertiary/aromatic N) is 1. The quantitative estimate of drug-likeness (QED) is 0.506. The molecule has 0 fully saturated rings. The van der Waals surface area contributed by atoms with Crippen molar-refractivity contribution in [2.75, 3.05) is 6.54 Å². The van der Waals surface area contributed by atoms with E-state index < -0.39 is 23.7 Å². The van der Waals surface area contributed by atoms with Crippen LogP contribution >= 0.6 is 0 Å². The summed E-state index contributed by atoms with van der Waals surface area (Å²) in [5, 5.41) is 18.2. The minimum absolute atomic E-state index is 0.110. The van der Waals surface area contributed by atoms with Gasteiger partial charge in [-0.1, -0.05) is 0 Å². The molecule has 0 atom stereocenters. The van der Waals surface area contributed by atoms with Crippen LogP contribution in [0.4, 0.5) is 0 Å². The van der Waals surface area contributed by atoms with E-state index in [0.717, 1.165) is 23.1 Å². The molecule has 0 saturated carbocycles. The molecule has 2 rings (SSSR count). The van der Waals surface area contributed by atoms with Gasteiger partial charge in [0.2, 0.25) is 5.88 Å². The molecule has 0 saturated heterocycles. The number of hydrogen-bond acceptors (Lipinski definition) is 6. The van der Waals surface area contributed by atoms with Crippen LogP contribution in [0.1, 0.15) is 6.42 Å². The fraction of sp³-hybridized carbons (Fsp3) is 0.182. The van der Waals surface area contributed by atoms with Gasteiger partial charge in [0.25, 0.3) is 11.8 Å². The second-order valence-corrected chi connectivity index (χ2v) is 3.75. The Morgan fingerprint density at radius 3 is 2.42 bits per heavy atom. The Balaban J connectivity index is 1.87. The molecule has 0 spiro atoms. The molecule has 2 heterocycles. The predicted octanol–water partition coefficient (Wildman–Crippen LogP) is -0.354. The third-order valence-corrected chi connectivity index (χ3v) is 2.41. The standard InChI is InChI=1S/C11H10N2O6/c14-7-5-6(11(18)12-7)19-10(17)3-4-13-8(15)1-2-9(13)16/h1-2,5,12,14,18H,3-4H2. The average Bonchev–Trinajstić information content (AvgIpc) is 2.81. The van der Waals surface area contributed by atoms with Gasteiger partial charge in [0.15, 0.2) is 11.6 Å². The van der Waals surface area contributed by atoms with Crippen LogP contribution in [0.15, 0.2) is 18.2 Å². The smallest absolute Gasteiger partial charge is 0.313 e. The van der Waals surface area contributed by atoms with Gasteiger partial charge in [0.1, 0.15) is 0 Å². The number of imide groups is 1. The van der Waals surface area contributed by atoms with Gasteiger partial charge in [-0.2, -0.15) is 0 Å². The molecule has 1 aromatic rings. The van der Waals surface area contributed by atoms with E-state index in [4.69, 9.17) is 9.84 Å². The highest BCUT2D eigenvalue weighted by Gasteiger charge is 2.24. The van der Waals surface area contributed by atoms with Crippen molar-refractivity contribution in [2.24, 2.45) is 0 Å². The molecule has 1 aromatic heterocycles. The third kappa shape index (κ3) is 2.73. The van der Waals surface area contributed by atoms with E-state index in [1.165, 1.54) is 0 Å². The molecule has 100 valence electrons. The number of aromatic nitrogens is 1. The van der Waals surface area contributed by atoms with E-state index in [1.54, 1.807) is 0 Å². The molecule has 8 heteroatoms. The molecule has 8 nitrogen and oxygen atoms in total. The van der Waals surface area contributed by atoms with E-state index in [2.05, 4.69) is 4.98 Å². The molecule has 0 radical (unpaired) electrons. The normalized spacial score (nSPS) is 14.2. The number of carbonyl (C=O) groups excluding carboxylic acids is 3. The van der Waals surface area contributed by atoms with Crippen molar-refractivity contribution in [3.63, 3.8) is 0 Å². The highest BCUT2D eigenvalue weighted by atomic mass is 16.5. The lowest BCUT2D eigenvalue weighted by Gasteiger charge is -2.12. The molecular weight excluding hydrogens is 256 g/mol. The van der Waals surface area contributed by atoms with E-state index in [9.17, 15) is 19.5 Å². The van der Waals surface area contributed by atoms with E-state index in [-0.39, 0.29) is 24.6 Å². The molecule has 1 aliphatic rings. The highest BCUT2D eigenvalue weighted by Crippen LogP contribution is 2.29. The van der Waals surface area contributed by atoms with Crippen LogP contribution in [0.5, 0.6) is 17.5 Å². The number of H-pyrrole nitrogens is 1. The first-order valence-electron chi connectivity index (χ1n) is 5.32. The molecule has 0 unspecified atom stereocenters. The van der Waals surface area contributed by atoms with Crippen LogP contribution in [0, 0.1) is 0 Å². The molecule has 2 amide bonds. The fourth-order valence-electron chi connectivity index (χ4n) is 1.52. The molecule has 1 aliphatic heterocycles. The molecule has 0 bridgehead atoms. The summed E-state index contributed by atoms with van der Waals surface area (Å²) in [6.45, 7) is -0.110. The number of aromatic hydroxyl groups is 2. The molecule has 19 heavy (non-hydrogen) atoms. The summed E-state index contributed by atoms with van der Waals surface area (Å²) in [5.41, 5.74) is 0. The summed E-state index contributed by atoms with van der Waals surface area (Å²) >= 11 is 0. The molecular formula is C11H10N2O6. The lowest BCUT2D eigenvalue weighted by atomic mass is 10.4. The zero-order valence-corrected chi connectivity index (χ0v) is 9.62. The number of carbonyl (C=O) groups is 3. The third-order valence-electron chi connectivity index (χ3n) is 2.41. The predicted molar refractivity (Wildman–Crippen MR) is 60.2 cm³/mol. The van der Waals surface area contributed by atoms with Crippen LogP contribution in [-0.2, 0) is 14.4 Å². The number of aromatic amines is 1. The minimum atomic E-state index is -0.748. The van der Waals surface area contributed by atoms with Crippen LogP contribution < -0.4 is 4.74 Å². The second kappa shape index (κ2) is 4.84. The Kier molecular flexibility index (Phi) is 3.23. The zero-order chi connectivity index (χ0) is 14.0. The largest absolute Gasteiger partial charge is 0.494 e. The Bertz CT molecular complexity index is 556. The van der Waals surface area contributed by atoms with E-state index >= 15 is 0 Å². The number of esters is 1. The fourth-order valence-corrected chi connectivity index (χ4v) is 1.52. The first-order chi connectivity index (χ1) is 8.97. The first-order valence-corrected chi connectivity index (χ1v) is 5.32. The Morgan fingerprint density at radius 2 is 1.89 bits per heavy atom. The van der Waals surface area contributed by atoms with Crippen molar-refractivity contribution < 1.29 is 29.3 Å². The SMILES string of the molecule is O=C(CCN1C(=O)C=CC1=O)Oc1cc(O)[nH]c1O. The number of amides is 2. The van der Waals surface area contributed by atoms with Crippen molar-refractivity contribution in [2.45, 2.75) is 6.42 Å². The summed E-state index contributed by atoms with van der Waals surface area (Å²) in [7, 11) is 0. The number of ether oxygens (including phenoxy) is 1. The van der Waals surface area contributed by atoms with Crippen molar-refractivity contribution in [3.05, 3.63) is 18.2 Å². The Hall–Kier alpha value is -2.77. The molecule has 0 aliphatic carbocycles. The van der Waals surface area contributed by atoms with Gasteiger partial charge in [-0.15, -0.1) is 0 Å². The van der Waals surface area contributed by atoms with Crippen LogP contribution in [0.3, 0.4) is 0 Å². The summed E-state index contributed by atoms with van der Waals surface area (Å²) in [6.07, 6.45) is 2.01. The maximum Gasteiger partial charge on any atom is 0.313 e. The van der Waals surface area contributed by atoms with Crippen molar-refractivity contribution in [1.82, 2.24) is 9.88 Å². The van der Waals surface area contributed by atoms with E-state index in [0.29, 0.717) is 0 Å². The van der Waals surface area contributed by atoms with Crippen molar-refractivity contribution in [1.29, 1.82) is 0 Å². The maximum absolute atomic E-state index is 11.4. The maximum atomic E-state index is 11.4. The number of nitrogens with one attached hydrogen (secondary N) is 1. The average molecular weight is 266 g/mol. The second-order valence-electron chi connectivity index (χ2n) is 3.75. The monoisotopic (exact) mass is 266 g/mol. The lowest BCUT2D eigenvalue weighted by Crippen LogP contribution is -2.32. The van der Waals surface area contributed by atoms with E-state index in [1.807, 2.05) is 0 Å². The van der Waals surface area contributed by atoms with Crippen LogP contribution in [0.2, 0.25) is 0 Å². The summed E-state index contributed by atoms with van der Waals surface area (Å²) in [5.74, 6) is -2.78. The minimum Gasteiger partial charge on any atom is -0.494 e. The van der Waals surface area contributed by atoms with Gasteiger partial charge >= 0.3 is 5.97 Å². The lowest BCUT2D eigenvalue weighted by molar-refractivity contribution is -0.139. The topological polar surface area (TPSA) is 120 Å². The Morgan fingerprint density at radius 1 is 1.26 bits per heavy atom. The van der Waals surface area contributed by atoms with Gasteiger partial charge in [-0.25, -0.2) is 0 Å². The summed E-state index contributed by atoms with van der Waals surface area (Å²) in [4.78, 5) is 36.9. The summed E-state index contributed by atoms with van der Waals surface area (Å²) < 4.78 is 4.75. The first kappa shape index (κ1) is 12.7. The summed E-state index contributed by atoms with van der Waals surface area (Å²) in [6, 6.07) is 1.03. The molecule has 0 aromatic carbocycles. The zero-order valence-electron chi connectivity index (χ0n) is 9.62. The van der Waals surface area contributed by atoms with Gasteiger partial charge in [0, 0.05) is 24.8 Å². The Labute approximate surface area is 106 Å². The number of hydrogen-bond donors (Lipinski definition) is 3. The van der Waals surface area contributed by atoms with Crippen molar-refractivity contribution >= 4 is 17.8 Å². The van der Waals surface area contributed by atoms with Crippen LogP contribution in [0.25, 0.3) is 0 Å². The van der Waals surface area contributed by atoms with Crippen molar-refractivity contribution in [3.8, 4) is 17.5 Å². The van der Waals surface area contributed by atoms with Gasteiger partial charge in [0.05, 0.1) is 6.42 Å².